The molecule has 1 aliphatic carbocycles. The molecule has 2 fully saturated rings. The van der Waals surface area contributed by atoms with Gasteiger partial charge < -0.3 is 20.8 Å². The minimum atomic E-state index is -0.00349. The standard InChI is InChI=1S/C25H25N5O2/c26-22-21-20(13-27-24(21)30-23(29-22)14-8-10-32-11-9-14)16-4-7-18-15(12-16)2-1-3-19(18)25(31)28-17-5-6-17/h1-4,7,12-14,17H,5-6,8-11H2,(H,28,31)(H3,26,27,29,30). The topological polar surface area (TPSA) is 106 Å². The summed E-state index contributed by atoms with van der Waals surface area (Å²) in [6.07, 6.45) is 5.91. The number of nitrogens with zero attached hydrogens (tertiary/aromatic N) is 2. The van der Waals surface area contributed by atoms with Gasteiger partial charge in [-0.2, -0.15) is 0 Å². The van der Waals surface area contributed by atoms with E-state index in [1.165, 1.54) is 0 Å². The largest absolute Gasteiger partial charge is 0.383 e. The van der Waals surface area contributed by atoms with E-state index in [0.717, 1.165) is 77.7 Å². The van der Waals surface area contributed by atoms with Crippen LogP contribution in [-0.4, -0.2) is 40.1 Å². The quantitative estimate of drug-likeness (QED) is 0.454. The summed E-state index contributed by atoms with van der Waals surface area (Å²) < 4.78 is 5.46. The molecule has 0 bridgehead atoms. The summed E-state index contributed by atoms with van der Waals surface area (Å²) in [5, 5.41) is 5.88. The van der Waals surface area contributed by atoms with Crippen molar-refractivity contribution in [2.75, 3.05) is 18.9 Å². The maximum absolute atomic E-state index is 12.6. The van der Waals surface area contributed by atoms with E-state index in [2.05, 4.69) is 21.4 Å². The number of aromatic amines is 1. The maximum Gasteiger partial charge on any atom is 0.252 e. The zero-order chi connectivity index (χ0) is 21.7. The second-order valence-corrected chi connectivity index (χ2v) is 8.77. The normalized spacial score (nSPS) is 17.1. The lowest BCUT2D eigenvalue weighted by Gasteiger charge is -2.20. The highest BCUT2D eigenvalue weighted by Gasteiger charge is 2.25. The smallest absolute Gasteiger partial charge is 0.252 e. The van der Waals surface area contributed by atoms with Crippen molar-refractivity contribution in [1.29, 1.82) is 0 Å². The lowest BCUT2D eigenvalue weighted by molar-refractivity contribution is 0.0837. The Morgan fingerprint density at radius 2 is 1.94 bits per heavy atom. The Labute approximate surface area is 185 Å². The molecule has 1 aliphatic heterocycles. The van der Waals surface area contributed by atoms with E-state index in [1.54, 1.807) is 0 Å². The molecule has 2 aromatic heterocycles. The molecule has 7 nitrogen and oxygen atoms in total. The summed E-state index contributed by atoms with van der Waals surface area (Å²) in [5.74, 6) is 1.56. The van der Waals surface area contributed by atoms with Gasteiger partial charge in [0.15, 0.2) is 0 Å². The molecule has 0 radical (unpaired) electrons. The highest BCUT2D eigenvalue weighted by molar-refractivity contribution is 6.09. The molecule has 6 rings (SSSR count). The van der Waals surface area contributed by atoms with Crippen molar-refractivity contribution >= 4 is 33.5 Å². The number of ether oxygens (including phenoxy) is 1. The van der Waals surface area contributed by atoms with Crippen LogP contribution >= 0.6 is 0 Å². The van der Waals surface area contributed by atoms with Crippen LogP contribution in [0.5, 0.6) is 0 Å². The van der Waals surface area contributed by atoms with Crippen LogP contribution in [0, 0.1) is 0 Å². The summed E-state index contributed by atoms with van der Waals surface area (Å²) in [6, 6.07) is 12.3. The number of anilines is 1. The van der Waals surface area contributed by atoms with E-state index in [0.29, 0.717) is 17.4 Å². The van der Waals surface area contributed by atoms with Gasteiger partial charge in [0.25, 0.3) is 5.91 Å². The summed E-state index contributed by atoms with van der Waals surface area (Å²) in [7, 11) is 0. The van der Waals surface area contributed by atoms with Crippen molar-refractivity contribution in [3.63, 3.8) is 0 Å². The number of fused-ring (bicyclic) bond motifs is 2. The van der Waals surface area contributed by atoms with Crippen molar-refractivity contribution in [2.24, 2.45) is 0 Å². The fourth-order valence-corrected chi connectivity index (χ4v) is 4.58. The molecule has 2 aromatic carbocycles. The minimum Gasteiger partial charge on any atom is -0.383 e. The highest BCUT2D eigenvalue weighted by atomic mass is 16.5. The third-order valence-electron chi connectivity index (χ3n) is 6.51. The Morgan fingerprint density at radius 3 is 2.75 bits per heavy atom. The van der Waals surface area contributed by atoms with Crippen molar-refractivity contribution < 1.29 is 9.53 Å². The second-order valence-electron chi connectivity index (χ2n) is 8.77. The lowest BCUT2D eigenvalue weighted by Crippen LogP contribution is -2.25. The Balaban J connectivity index is 1.39. The van der Waals surface area contributed by atoms with Crippen LogP contribution in [0.1, 0.15) is 47.8 Å². The average Bonchev–Trinajstić information content (AvgIpc) is 3.53. The first-order chi connectivity index (χ1) is 15.7. The van der Waals surface area contributed by atoms with Gasteiger partial charge in [-0.1, -0.05) is 24.3 Å². The molecule has 32 heavy (non-hydrogen) atoms. The molecule has 4 aromatic rings. The number of rotatable bonds is 4. The van der Waals surface area contributed by atoms with Crippen LogP contribution in [-0.2, 0) is 4.74 Å². The van der Waals surface area contributed by atoms with E-state index in [9.17, 15) is 4.79 Å². The number of benzene rings is 2. The van der Waals surface area contributed by atoms with Gasteiger partial charge in [-0.3, -0.25) is 4.79 Å². The van der Waals surface area contributed by atoms with Crippen LogP contribution in [0.15, 0.2) is 42.6 Å². The van der Waals surface area contributed by atoms with Gasteiger partial charge in [0.05, 0.1) is 5.39 Å². The predicted molar refractivity (Wildman–Crippen MR) is 125 cm³/mol. The van der Waals surface area contributed by atoms with E-state index >= 15 is 0 Å². The molecule has 7 heteroatoms. The Morgan fingerprint density at radius 1 is 1.09 bits per heavy atom. The van der Waals surface area contributed by atoms with Gasteiger partial charge in [-0.15, -0.1) is 0 Å². The zero-order valence-corrected chi connectivity index (χ0v) is 17.7. The highest BCUT2D eigenvalue weighted by Crippen LogP contribution is 2.35. The molecule has 1 saturated heterocycles. The first-order valence-corrected chi connectivity index (χ1v) is 11.2. The summed E-state index contributed by atoms with van der Waals surface area (Å²) >= 11 is 0. The van der Waals surface area contributed by atoms with Gasteiger partial charge in [0.2, 0.25) is 0 Å². The summed E-state index contributed by atoms with van der Waals surface area (Å²) in [6.45, 7) is 1.47. The Kier molecular flexibility index (Phi) is 4.57. The number of carbonyl (C=O) groups is 1. The summed E-state index contributed by atoms with van der Waals surface area (Å²) in [4.78, 5) is 25.4. The minimum absolute atomic E-state index is 0.00349. The zero-order valence-electron chi connectivity index (χ0n) is 17.7. The van der Waals surface area contributed by atoms with Crippen LogP contribution in [0.2, 0.25) is 0 Å². The fraction of sp³-hybridized carbons (Fsp3) is 0.320. The van der Waals surface area contributed by atoms with Gasteiger partial charge in [-0.25, -0.2) is 9.97 Å². The number of H-pyrrole nitrogens is 1. The molecule has 0 atom stereocenters. The Bertz CT molecular complexity index is 1340. The SMILES string of the molecule is Nc1nc(C2CCOCC2)nc2[nH]cc(-c3ccc4c(C(=O)NC5CC5)cccc4c3)c12. The lowest BCUT2D eigenvalue weighted by atomic mass is 9.97. The number of amides is 1. The van der Waals surface area contributed by atoms with Crippen LogP contribution in [0.25, 0.3) is 32.9 Å². The van der Waals surface area contributed by atoms with Crippen molar-refractivity contribution in [1.82, 2.24) is 20.3 Å². The molecular formula is C25H25N5O2. The van der Waals surface area contributed by atoms with Gasteiger partial charge >= 0.3 is 0 Å². The number of nitrogens with one attached hydrogen (secondary N) is 2. The maximum atomic E-state index is 12.6. The van der Waals surface area contributed by atoms with Crippen LogP contribution in [0.3, 0.4) is 0 Å². The molecular weight excluding hydrogens is 402 g/mol. The molecule has 1 amide bonds. The molecule has 2 aliphatic rings. The fourth-order valence-electron chi connectivity index (χ4n) is 4.58. The molecule has 1 saturated carbocycles. The first kappa shape index (κ1) is 19.3. The van der Waals surface area contributed by atoms with Gasteiger partial charge in [0, 0.05) is 42.5 Å². The van der Waals surface area contributed by atoms with E-state index in [1.807, 2.05) is 36.5 Å². The monoisotopic (exact) mass is 427 g/mol. The van der Waals surface area contributed by atoms with Gasteiger partial charge in [-0.05, 0) is 54.2 Å². The predicted octanol–water partition coefficient (Wildman–Crippen LogP) is 4.15. The third-order valence-corrected chi connectivity index (χ3v) is 6.51. The molecule has 0 spiro atoms. The third kappa shape index (κ3) is 3.39. The number of nitrogen functional groups attached to an aromatic ring is 1. The Hall–Kier alpha value is -3.45. The number of carbonyl (C=O) groups excluding carboxylic acids is 1. The number of hydrogen-bond acceptors (Lipinski definition) is 5. The average molecular weight is 428 g/mol. The molecule has 0 unspecified atom stereocenters. The molecule has 4 N–H and O–H groups in total. The van der Waals surface area contributed by atoms with Crippen LogP contribution in [0.4, 0.5) is 5.82 Å². The van der Waals surface area contributed by atoms with E-state index in [4.69, 9.17) is 15.5 Å². The summed E-state index contributed by atoms with van der Waals surface area (Å²) in [5.41, 5.74) is 9.86. The molecule has 162 valence electrons. The molecule has 3 heterocycles. The van der Waals surface area contributed by atoms with Gasteiger partial charge in [0.1, 0.15) is 17.3 Å². The van der Waals surface area contributed by atoms with Crippen molar-refractivity contribution in [3.8, 4) is 11.1 Å². The van der Waals surface area contributed by atoms with Crippen molar-refractivity contribution in [3.05, 3.63) is 54.0 Å². The first-order valence-electron chi connectivity index (χ1n) is 11.2. The number of aromatic nitrogens is 3. The van der Waals surface area contributed by atoms with E-state index in [-0.39, 0.29) is 11.8 Å². The van der Waals surface area contributed by atoms with E-state index < -0.39 is 0 Å². The second kappa shape index (κ2) is 7.60. The van der Waals surface area contributed by atoms with Crippen LogP contribution < -0.4 is 11.1 Å². The van der Waals surface area contributed by atoms with Crippen molar-refractivity contribution in [2.45, 2.75) is 37.6 Å². The number of nitrogens with two attached hydrogens (primary N) is 1. The number of hydrogen-bond donors (Lipinski definition) is 3.